The van der Waals surface area contributed by atoms with Crippen molar-refractivity contribution in [2.24, 2.45) is 0 Å². The lowest BCUT2D eigenvalue weighted by molar-refractivity contribution is -0.142. The number of nitrogens with one attached hydrogen (secondary N) is 1. The van der Waals surface area contributed by atoms with E-state index in [1.54, 1.807) is 6.07 Å². The number of amides is 1. The first-order chi connectivity index (χ1) is 12.4. The van der Waals surface area contributed by atoms with Gasteiger partial charge in [0.05, 0.1) is 6.26 Å². The van der Waals surface area contributed by atoms with Crippen LogP contribution in [0.3, 0.4) is 0 Å². The van der Waals surface area contributed by atoms with Gasteiger partial charge >= 0.3 is 6.18 Å². The Morgan fingerprint density at radius 1 is 1.27 bits per heavy atom. The predicted molar refractivity (Wildman–Crippen MR) is 83.2 cm³/mol. The van der Waals surface area contributed by atoms with Gasteiger partial charge in [0.15, 0.2) is 11.5 Å². The van der Waals surface area contributed by atoms with Crippen LogP contribution in [-0.2, 0) is 6.18 Å². The first kappa shape index (κ1) is 16.6. The standard InChI is InChI=1S/C16H14F3N5O2/c17-16(18,19)12-8-10(11-6-3-7-26-11)21-15-22-13(23-24(12)15)14(25)20-9-4-1-2-5-9/h3,6-9H,1-2,4-5H2,(H,20,25). The first-order valence-electron chi connectivity index (χ1n) is 8.11. The normalized spacial score (nSPS) is 15.7. The lowest BCUT2D eigenvalue weighted by Crippen LogP contribution is -2.33. The minimum absolute atomic E-state index is 0.00263. The third-order valence-electron chi connectivity index (χ3n) is 4.27. The highest BCUT2D eigenvalue weighted by molar-refractivity contribution is 5.91. The third-order valence-corrected chi connectivity index (χ3v) is 4.27. The molecule has 1 aliphatic carbocycles. The molecule has 0 radical (unpaired) electrons. The van der Waals surface area contributed by atoms with Gasteiger partial charge in [0.1, 0.15) is 5.69 Å². The number of rotatable bonds is 3. The van der Waals surface area contributed by atoms with Crippen LogP contribution in [0.25, 0.3) is 17.2 Å². The first-order valence-corrected chi connectivity index (χ1v) is 8.11. The lowest BCUT2D eigenvalue weighted by atomic mass is 10.2. The van der Waals surface area contributed by atoms with E-state index in [9.17, 15) is 18.0 Å². The summed E-state index contributed by atoms with van der Waals surface area (Å²) in [6.45, 7) is 0. The number of hydrogen-bond donors (Lipinski definition) is 1. The van der Waals surface area contributed by atoms with Crippen molar-refractivity contribution in [1.29, 1.82) is 0 Å². The molecule has 136 valence electrons. The Hall–Kier alpha value is -2.91. The lowest BCUT2D eigenvalue weighted by Gasteiger charge is -2.09. The summed E-state index contributed by atoms with van der Waals surface area (Å²) < 4.78 is 45.9. The Morgan fingerprint density at radius 3 is 2.69 bits per heavy atom. The van der Waals surface area contributed by atoms with E-state index in [0.29, 0.717) is 4.52 Å². The second-order valence-electron chi connectivity index (χ2n) is 6.10. The van der Waals surface area contributed by atoms with E-state index >= 15 is 0 Å². The zero-order chi connectivity index (χ0) is 18.3. The summed E-state index contributed by atoms with van der Waals surface area (Å²) in [4.78, 5) is 20.2. The van der Waals surface area contributed by atoms with E-state index in [0.717, 1.165) is 31.7 Å². The van der Waals surface area contributed by atoms with Crippen LogP contribution in [0.4, 0.5) is 13.2 Å². The molecule has 0 saturated heterocycles. The van der Waals surface area contributed by atoms with E-state index in [-0.39, 0.29) is 29.1 Å². The maximum absolute atomic E-state index is 13.4. The summed E-state index contributed by atoms with van der Waals surface area (Å²) in [5.74, 6) is -1.10. The second-order valence-corrected chi connectivity index (χ2v) is 6.10. The molecule has 3 heterocycles. The molecule has 0 unspecified atom stereocenters. The van der Waals surface area contributed by atoms with E-state index < -0.39 is 17.8 Å². The van der Waals surface area contributed by atoms with Crippen LogP contribution in [0.15, 0.2) is 28.9 Å². The molecule has 10 heteroatoms. The maximum atomic E-state index is 13.4. The number of halogens is 3. The highest BCUT2D eigenvalue weighted by Crippen LogP contribution is 2.32. The summed E-state index contributed by atoms with van der Waals surface area (Å²) in [7, 11) is 0. The maximum Gasteiger partial charge on any atom is 0.433 e. The molecule has 1 N–H and O–H groups in total. The summed E-state index contributed by atoms with van der Waals surface area (Å²) >= 11 is 0. The summed E-state index contributed by atoms with van der Waals surface area (Å²) in [5, 5.41) is 6.48. The average molecular weight is 365 g/mol. The number of furan rings is 1. The SMILES string of the molecule is O=C(NC1CCCC1)c1nc2nc(-c3ccco3)cc(C(F)(F)F)n2n1. The van der Waals surface area contributed by atoms with E-state index in [4.69, 9.17) is 4.42 Å². The van der Waals surface area contributed by atoms with Gasteiger partial charge in [0.25, 0.3) is 11.7 Å². The Labute approximate surface area is 145 Å². The molecule has 7 nitrogen and oxygen atoms in total. The van der Waals surface area contributed by atoms with Crippen molar-refractivity contribution < 1.29 is 22.4 Å². The highest BCUT2D eigenvalue weighted by atomic mass is 19.4. The quantitative estimate of drug-likeness (QED) is 0.771. The van der Waals surface area contributed by atoms with Crippen molar-refractivity contribution in [3.05, 3.63) is 36.0 Å². The number of alkyl halides is 3. The Bertz CT molecular complexity index is 943. The Morgan fingerprint density at radius 2 is 2.04 bits per heavy atom. The number of nitrogens with zero attached hydrogens (tertiary/aromatic N) is 4. The Kier molecular flexibility index (Phi) is 3.89. The molecule has 26 heavy (non-hydrogen) atoms. The molecule has 3 aromatic rings. The number of hydrogen-bond acceptors (Lipinski definition) is 5. The van der Waals surface area contributed by atoms with Gasteiger partial charge in [0.2, 0.25) is 5.82 Å². The van der Waals surface area contributed by atoms with Crippen LogP contribution in [-0.4, -0.2) is 31.5 Å². The number of fused-ring (bicyclic) bond motifs is 1. The summed E-state index contributed by atoms with van der Waals surface area (Å²) in [6, 6.07) is 3.85. The molecule has 4 rings (SSSR count). The van der Waals surface area contributed by atoms with Crippen molar-refractivity contribution in [1.82, 2.24) is 24.9 Å². The Balaban J connectivity index is 1.77. The van der Waals surface area contributed by atoms with Gasteiger partial charge in [-0.1, -0.05) is 12.8 Å². The molecular formula is C16H14F3N5O2. The van der Waals surface area contributed by atoms with Crippen LogP contribution in [0.2, 0.25) is 0 Å². The van der Waals surface area contributed by atoms with Crippen LogP contribution in [0, 0.1) is 0 Å². The summed E-state index contributed by atoms with van der Waals surface area (Å²) in [6.07, 6.45) is 0.335. The van der Waals surface area contributed by atoms with Crippen LogP contribution >= 0.6 is 0 Å². The molecule has 0 spiro atoms. The topological polar surface area (TPSA) is 85.3 Å². The van der Waals surface area contributed by atoms with Crippen LogP contribution in [0.5, 0.6) is 0 Å². The van der Waals surface area contributed by atoms with Gasteiger partial charge in [0, 0.05) is 6.04 Å². The fourth-order valence-corrected chi connectivity index (χ4v) is 3.04. The third kappa shape index (κ3) is 3.02. The van der Waals surface area contributed by atoms with E-state index in [2.05, 4.69) is 20.4 Å². The van der Waals surface area contributed by atoms with Gasteiger partial charge in [-0.25, -0.2) is 4.98 Å². The number of carbonyl (C=O) groups is 1. The monoisotopic (exact) mass is 365 g/mol. The van der Waals surface area contributed by atoms with Gasteiger partial charge < -0.3 is 9.73 Å². The molecule has 1 fully saturated rings. The van der Waals surface area contributed by atoms with Crippen LogP contribution < -0.4 is 5.32 Å². The molecule has 1 aliphatic rings. The minimum Gasteiger partial charge on any atom is -0.463 e. The predicted octanol–water partition coefficient (Wildman–Crippen LogP) is 3.08. The highest BCUT2D eigenvalue weighted by Gasteiger charge is 2.36. The summed E-state index contributed by atoms with van der Waals surface area (Å²) in [5.41, 5.74) is -1.12. The molecule has 0 atom stereocenters. The van der Waals surface area contributed by atoms with Crippen LogP contribution in [0.1, 0.15) is 42.0 Å². The number of carbonyl (C=O) groups excluding carboxylic acids is 1. The fraction of sp³-hybridized carbons (Fsp3) is 0.375. The fourth-order valence-electron chi connectivity index (χ4n) is 3.04. The van der Waals surface area contributed by atoms with Crippen molar-refractivity contribution in [2.45, 2.75) is 37.9 Å². The largest absolute Gasteiger partial charge is 0.463 e. The van der Waals surface area contributed by atoms with Gasteiger partial charge in [-0.3, -0.25) is 4.79 Å². The van der Waals surface area contributed by atoms with E-state index in [1.165, 1.54) is 12.3 Å². The number of aromatic nitrogens is 4. The molecule has 3 aromatic heterocycles. The van der Waals surface area contributed by atoms with Crippen molar-refractivity contribution >= 4 is 11.7 Å². The van der Waals surface area contributed by atoms with Gasteiger partial charge in [-0.05, 0) is 31.0 Å². The molecule has 1 saturated carbocycles. The minimum atomic E-state index is -4.70. The molecule has 0 bridgehead atoms. The van der Waals surface area contributed by atoms with Crippen molar-refractivity contribution in [3.63, 3.8) is 0 Å². The zero-order valence-corrected chi connectivity index (χ0v) is 13.5. The van der Waals surface area contributed by atoms with Crippen molar-refractivity contribution in [2.75, 3.05) is 0 Å². The van der Waals surface area contributed by atoms with Gasteiger partial charge in [-0.15, -0.1) is 5.10 Å². The van der Waals surface area contributed by atoms with E-state index in [1.807, 2.05) is 0 Å². The average Bonchev–Trinajstić information content (AvgIpc) is 3.33. The van der Waals surface area contributed by atoms with Crippen molar-refractivity contribution in [3.8, 4) is 11.5 Å². The second kappa shape index (κ2) is 6.11. The van der Waals surface area contributed by atoms with Gasteiger partial charge in [-0.2, -0.15) is 22.7 Å². The zero-order valence-electron chi connectivity index (χ0n) is 13.5. The molecule has 0 aliphatic heterocycles. The molecular weight excluding hydrogens is 351 g/mol. The smallest absolute Gasteiger partial charge is 0.433 e. The molecule has 1 amide bonds. The molecule has 0 aromatic carbocycles.